The fraction of sp³-hybridized carbons (Fsp3) is 0.500. The highest BCUT2D eigenvalue weighted by molar-refractivity contribution is 5.85. The van der Waals surface area contributed by atoms with Crippen molar-refractivity contribution in [3.8, 4) is 0 Å². The summed E-state index contributed by atoms with van der Waals surface area (Å²) >= 11 is 0. The van der Waals surface area contributed by atoms with Crippen LogP contribution in [0.25, 0.3) is 0 Å². The van der Waals surface area contributed by atoms with E-state index < -0.39 is 11.7 Å². The molecule has 4 heteroatoms. The lowest BCUT2D eigenvalue weighted by Gasteiger charge is -2.04. The molecule has 0 unspecified atom stereocenters. The molecule has 0 bridgehead atoms. The van der Waals surface area contributed by atoms with Gasteiger partial charge < -0.3 is 14.7 Å². The molecule has 0 fully saturated rings. The summed E-state index contributed by atoms with van der Waals surface area (Å²) < 4.78 is 4.23. The van der Waals surface area contributed by atoms with E-state index in [-0.39, 0.29) is 0 Å². The average molecular weight is 145 g/mol. The predicted molar refractivity (Wildman–Crippen MR) is 36.4 cm³/mol. The third-order valence-electron chi connectivity index (χ3n) is 0.775. The number of hydrogen-bond acceptors (Lipinski definition) is 4. The average Bonchev–Trinajstić information content (AvgIpc) is 1.85. The van der Waals surface area contributed by atoms with Crippen LogP contribution in [0.1, 0.15) is 0 Å². The summed E-state index contributed by atoms with van der Waals surface area (Å²) in [6, 6.07) is 0. The Hall–Kier alpha value is -1.19. The van der Waals surface area contributed by atoms with E-state index in [1.807, 2.05) is 0 Å². The van der Waals surface area contributed by atoms with Gasteiger partial charge in [0.1, 0.15) is 0 Å². The lowest BCUT2D eigenvalue weighted by molar-refractivity contribution is -0.139. The summed E-state index contributed by atoms with van der Waals surface area (Å²) in [5, 5.41) is 8.83. The number of ether oxygens (including phenoxy) is 1. The van der Waals surface area contributed by atoms with Crippen molar-refractivity contribution in [2.24, 2.45) is 0 Å². The van der Waals surface area contributed by atoms with Crippen molar-refractivity contribution in [1.82, 2.24) is 4.90 Å². The summed E-state index contributed by atoms with van der Waals surface area (Å²) in [5.41, 5.74) is 0. The summed E-state index contributed by atoms with van der Waals surface area (Å²) in [7, 11) is 4.60. The van der Waals surface area contributed by atoms with Crippen LogP contribution in [0.2, 0.25) is 0 Å². The Morgan fingerprint density at radius 3 is 2.40 bits per heavy atom. The number of hydrogen-bond donors (Lipinski definition) is 1. The molecule has 0 aliphatic carbocycles. The quantitative estimate of drug-likeness (QED) is 0.340. The highest BCUT2D eigenvalue weighted by Crippen LogP contribution is 1.91. The molecule has 0 heterocycles. The minimum Gasteiger partial charge on any atom is -0.501 e. The minimum absolute atomic E-state index is 0.396. The molecular formula is C6H11NO3. The van der Waals surface area contributed by atoms with Crippen LogP contribution in [0.4, 0.5) is 0 Å². The Kier molecular flexibility index (Phi) is 3.32. The Morgan fingerprint density at radius 1 is 1.60 bits per heavy atom. The maximum Gasteiger partial charge on any atom is 0.374 e. The highest BCUT2D eigenvalue weighted by atomic mass is 16.5. The second-order valence-electron chi connectivity index (χ2n) is 1.97. The van der Waals surface area contributed by atoms with E-state index >= 15 is 0 Å². The summed E-state index contributed by atoms with van der Waals surface area (Å²) in [6.45, 7) is 0. The zero-order valence-electron chi connectivity index (χ0n) is 6.29. The maximum atomic E-state index is 10.5. The second-order valence-corrected chi connectivity index (χ2v) is 1.97. The van der Waals surface area contributed by atoms with Gasteiger partial charge in [-0.3, -0.25) is 0 Å². The molecule has 58 valence electrons. The van der Waals surface area contributed by atoms with Gasteiger partial charge >= 0.3 is 5.97 Å². The van der Waals surface area contributed by atoms with Crippen molar-refractivity contribution in [3.63, 3.8) is 0 Å². The molecule has 0 atom stereocenters. The summed E-state index contributed by atoms with van der Waals surface area (Å²) in [5.74, 6) is -1.12. The Labute approximate surface area is 59.7 Å². The van der Waals surface area contributed by atoms with Crippen LogP contribution in [0.3, 0.4) is 0 Å². The molecule has 0 rings (SSSR count). The Morgan fingerprint density at radius 2 is 2.10 bits per heavy atom. The number of aliphatic hydroxyl groups excluding tert-OH is 1. The number of carbonyl (C=O) groups excluding carboxylic acids is 1. The van der Waals surface area contributed by atoms with E-state index in [0.717, 1.165) is 0 Å². The van der Waals surface area contributed by atoms with E-state index in [4.69, 9.17) is 5.11 Å². The number of rotatable bonds is 2. The first kappa shape index (κ1) is 8.81. The molecule has 0 saturated carbocycles. The van der Waals surface area contributed by atoms with Crippen LogP contribution < -0.4 is 0 Å². The molecule has 0 saturated heterocycles. The minimum atomic E-state index is -0.728. The molecule has 0 aliphatic rings. The smallest absolute Gasteiger partial charge is 0.374 e. The van der Waals surface area contributed by atoms with Gasteiger partial charge in [-0.1, -0.05) is 0 Å². The molecule has 0 radical (unpaired) electrons. The van der Waals surface area contributed by atoms with Crippen LogP contribution in [-0.4, -0.2) is 37.2 Å². The van der Waals surface area contributed by atoms with Crippen LogP contribution in [-0.2, 0) is 9.53 Å². The monoisotopic (exact) mass is 145 g/mol. The molecule has 0 amide bonds. The van der Waals surface area contributed by atoms with Gasteiger partial charge in [0, 0.05) is 20.3 Å². The Balaban J connectivity index is 4.05. The molecule has 0 spiro atoms. The first-order chi connectivity index (χ1) is 4.57. The molecule has 10 heavy (non-hydrogen) atoms. The highest BCUT2D eigenvalue weighted by Gasteiger charge is 2.05. The largest absolute Gasteiger partial charge is 0.501 e. The fourth-order valence-electron chi connectivity index (χ4n) is 0.402. The van der Waals surface area contributed by atoms with E-state index in [1.54, 1.807) is 19.0 Å². The second kappa shape index (κ2) is 3.76. The molecule has 0 aromatic rings. The van der Waals surface area contributed by atoms with Gasteiger partial charge in [-0.25, -0.2) is 4.79 Å². The van der Waals surface area contributed by atoms with E-state index in [2.05, 4.69) is 4.74 Å². The van der Waals surface area contributed by atoms with Crippen molar-refractivity contribution in [3.05, 3.63) is 12.0 Å². The van der Waals surface area contributed by atoms with Crippen molar-refractivity contribution < 1.29 is 14.6 Å². The Bertz CT molecular complexity index is 151. The van der Waals surface area contributed by atoms with Crippen molar-refractivity contribution in [2.45, 2.75) is 0 Å². The first-order valence-corrected chi connectivity index (χ1v) is 2.73. The fourth-order valence-corrected chi connectivity index (χ4v) is 0.402. The van der Waals surface area contributed by atoms with Crippen molar-refractivity contribution in [1.29, 1.82) is 0 Å². The van der Waals surface area contributed by atoms with Gasteiger partial charge in [0.25, 0.3) is 0 Å². The number of methoxy groups -OCH3 is 1. The molecule has 0 aromatic carbocycles. The number of nitrogens with zero attached hydrogens (tertiary/aromatic N) is 1. The number of esters is 1. The lowest BCUT2D eigenvalue weighted by atomic mass is 10.5. The van der Waals surface area contributed by atoms with Crippen LogP contribution in [0.15, 0.2) is 12.0 Å². The molecular weight excluding hydrogens is 134 g/mol. The first-order valence-electron chi connectivity index (χ1n) is 2.73. The van der Waals surface area contributed by atoms with Gasteiger partial charge in [0.05, 0.1) is 7.11 Å². The SMILES string of the molecule is COC(=O)/C(O)=C/N(C)C. The normalized spacial score (nSPS) is 10.9. The zero-order valence-corrected chi connectivity index (χ0v) is 6.29. The standard InChI is InChI=1S/C6H11NO3/c1-7(2)4-5(8)6(9)10-3/h4,8H,1-3H3/b5-4-. The maximum absolute atomic E-state index is 10.5. The van der Waals surface area contributed by atoms with Crippen molar-refractivity contribution in [2.75, 3.05) is 21.2 Å². The number of aliphatic hydroxyl groups is 1. The zero-order chi connectivity index (χ0) is 8.15. The molecule has 4 nitrogen and oxygen atoms in total. The van der Waals surface area contributed by atoms with E-state index in [1.165, 1.54) is 13.3 Å². The van der Waals surface area contributed by atoms with Gasteiger partial charge in [0.15, 0.2) is 0 Å². The third-order valence-corrected chi connectivity index (χ3v) is 0.775. The molecule has 0 aromatic heterocycles. The van der Waals surface area contributed by atoms with E-state index in [0.29, 0.717) is 0 Å². The third kappa shape index (κ3) is 2.96. The molecule has 0 aliphatic heterocycles. The van der Waals surface area contributed by atoms with E-state index in [9.17, 15) is 4.79 Å². The van der Waals surface area contributed by atoms with Gasteiger partial charge in [-0.05, 0) is 0 Å². The van der Waals surface area contributed by atoms with Crippen LogP contribution in [0.5, 0.6) is 0 Å². The van der Waals surface area contributed by atoms with Crippen LogP contribution >= 0.6 is 0 Å². The van der Waals surface area contributed by atoms with Crippen molar-refractivity contribution >= 4 is 5.97 Å². The van der Waals surface area contributed by atoms with Gasteiger partial charge in [-0.15, -0.1) is 0 Å². The summed E-state index contributed by atoms with van der Waals surface area (Å²) in [4.78, 5) is 12.0. The summed E-state index contributed by atoms with van der Waals surface area (Å²) in [6.07, 6.45) is 1.27. The molecule has 1 N–H and O–H groups in total. The topological polar surface area (TPSA) is 49.8 Å². The predicted octanol–water partition coefficient (Wildman–Crippen LogP) is 0.120. The van der Waals surface area contributed by atoms with Gasteiger partial charge in [0.2, 0.25) is 5.76 Å². The lowest BCUT2D eigenvalue weighted by Crippen LogP contribution is -2.09. The van der Waals surface area contributed by atoms with Crippen LogP contribution in [0, 0.1) is 0 Å². The number of carbonyl (C=O) groups is 1. The van der Waals surface area contributed by atoms with Gasteiger partial charge in [-0.2, -0.15) is 0 Å².